The number of halogens is 4. The molecule has 1 N–H and O–H groups in total. The number of piperazine rings is 1. The van der Waals surface area contributed by atoms with Crippen LogP contribution in [0.3, 0.4) is 0 Å². The first-order valence-corrected chi connectivity index (χ1v) is 10.6. The van der Waals surface area contributed by atoms with Gasteiger partial charge in [0.25, 0.3) is 0 Å². The Balaban J connectivity index is 1.36. The van der Waals surface area contributed by atoms with E-state index in [1.165, 1.54) is 35.3 Å². The van der Waals surface area contributed by atoms with Gasteiger partial charge in [0.05, 0.1) is 30.5 Å². The van der Waals surface area contributed by atoms with Crippen LogP contribution >= 0.6 is 0 Å². The lowest BCUT2D eigenvalue weighted by atomic mass is 10.1. The molecule has 0 bridgehead atoms. The van der Waals surface area contributed by atoms with Crippen LogP contribution in [-0.4, -0.2) is 65.1 Å². The van der Waals surface area contributed by atoms with E-state index in [0.29, 0.717) is 43.7 Å². The first kappa shape index (κ1) is 21.7. The maximum absolute atomic E-state index is 13.6. The van der Waals surface area contributed by atoms with Gasteiger partial charge >= 0.3 is 6.18 Å². The van der Waals surface area contributed by atoms with Gasteiger partial charge in [-0.25, -0.2) is 9.07 Å². The van der Waals surface area contributed by atoms with Crippen LogP contribution in [0.5, 0.6) is 0 Å². The molecule has 2 fully saturated rings. The van der Waals surface area contributed by atoms with Crippen molar-refractivity contribution in [3.8, 4) is 5.69 Å². The summed E-state index contributed by atoms with van der Waals surface area (Å²) in [6, 6.07) is 10.1. The standard InChI is InChI=1S/C22H22F4N6O/c23-16-2-1-3-18(10-16)32-14-27-21(29-32)28-17-8-15(22(24,25)26)9-19(11-17)30-4-6-31(7-5-30)20-12-33-13-20/h1-3,8-11,14,20H,4-7,12-13H2,(H,28,29). The predicted octanol–water partition coefficient (Wildman–Crippen LogP) is 3.69. The summed E-state index contributed by atoms with van der Waals surface area (Å²) in [4.78, 5) is 8.37. The van der Waals surface area contributed by atoms with Crippen molar-refractivity contribution in [2.75, 3.05) is 49.6 Å². The molecular weight excluding hydrogens is 440 g/mol. The largest absolute Gasteiger partial charge is 0.416 e. The van der Waals surface area contributed by atoms with E-state index in [1.807, 2.05) is 4.90 Å². The number of alkyl halides is 3. The van der Waals surface area contributed by atoms with Gasteiger partial charge in [0.2, 0.25) is 5.95 Å². The lowest BCUT2D eigenvalue weighted by Gasteiger charge is -2.43. The Morgan fingerprint density at radius 1 is 0.970 bits per heavy atom. The Bertz CT molecular complexity index is 1120. The Morgan fingerprint density at radius 2 is 1.76 bits per heavy atom. The molecule has 33 heavy (non-hydrogen) atoms. The van der Waals surface area contributed by atoms with E-state index >= 15 is 0 Å². The van der Waals surface area contributed by atoms with Crippen LogP contribution < -0.4 is 10.2 Å². The Hall–Kier alpha value is -3.18. The molecule has 0 unspecified atom stereocenters. The van der Waals surface area contributed by atoms with Crippen molar-refractivity contribution in [2.45, 2.75) is 12.2 Å². The van der Waals surface area contributed by atoms with Crippen LogP contribution in [0.25, 0.3) is 5.69 Å². The second-order valence-electron chi connectivity index (χ2n) is 8.10. The molecule has 3 aromatic rings. The van der Waals surface area contributed by atoms with Crippen molar-refractivity contribution < 1.29 is 22.3 Å². The Morgan fingerprint density at radius 3 is 2.42 bits per heavy atom. The molecule has 11 heteroatoms. The van der Waals surface area contributed by atoms with E-state index < -0.39 is 17.6 Å². The maximum Gasteiger partial charge on any atom is 0.416 e. The number of nitrogens with zero attached hydrogens (tertiary/aromatic N) is 5. The van der Waals surface area contributed by atoms with E-state index in [2.05, 4.69) is 20.3 Å². The van der Waals surface area contributed by atoms with Gasteiger partial charge in [-0.05, 0) is 36.4 Å². The molecule has 0 radical (unpaired) electrons. The van der Waals surface area contributed by atoms with Crippen LogP contribution in [0, 0.1) is 5.82 Å². The fourth-order valence-electron chi connectivity index (χ4n) is 4.00. The molecule has 3 heterocycles. The summed E-state index contributed by atoms with van der Waals surface area (Å²) >= 11 is 0. The smallest absolute Gasteiger partial charge is 0.378 e. The van der Waals surface area contributed by atoms with Gasteiger partial charge in [-0.3, -0.25) is 4.90 Å². The molecule has 0 atom stereocenters. The number of hydrogen-bond acceptors (Lipinski definition) is 6. The molecule has 2 aromatic carbocycles. The third kappa shape index (κ3) is 4.79. The summed E-state index contributed by atoms with van der Waals surface area (Å²) in [6.07, 6.45) is -3.12. The number of aromatic nitrogens is 3. The summed E-state index contributed by atoms with van der Waals surface area (Å²) in [5.41, 5.74) is 0.421. The van der Waals surface area contributed by atoms with Gasteiger partial charge in [0, 0.05) is 37.6 Å². The summed E-state index contributed by atoms with van der Waals surface area (Å²) in [5.74, 6) is -0.315. The number of hydrogen-bond donors (Lipinski definition) is 1. The fraction of sp³-hybridized carbons (Fsp3) is 0.364. The van der Waals surface area contributed by atoms with E-state index in [-0.39, 0.29) is 11.6 Å². The van der Waals surface area contributed by atoms with Gasteiger partial charge in [-0.1, -0.05) is 6.07 Å². The molecule has 174 valence electrons. The molecule has 7 nitrogen and oxygen atoms in total. The maximum atomic E-state index is 13.6. The molecule has 2 aliphatic heterocycles. The monoisotopic (exact) mass is 462 g/mol. The number of benzene rings is 2. The van der Waals surface area contributed by atoms with Gasteiger partial charge < -0.3 is 15.0 Å². The number of nitrogens with one attached hydrogen (secondary N) is 1. The highest BCUT2D eigenvalue weighted by molar-refractivity contribution is 5.64. The molecule has 2 aliphatic rings. The van der Waals surface area contributed by atoms with Crippen molar-refractivity contribution in [3.05, 3.63) is 60.2 Å². The third-order valence-corrected chi connectivity index (χ3v) is 5.88. The zero-order valence-corrected chi connectivity index (χ0v) is 17.6. The summed E-state index contributed by atoms with van der Waals surface area (Å²) < 4.78 is 60.9. The first-order chi connectivity index (χ1) is 15.8. The third-order valence-electron chi connectivity index (χ3n) is 5.88. The van der Waals surface area contributed by atoms with Crippen LogP contribution in [-0.2, 0) is 10.9 Å². The highest BCUT2D eigenvalue weighted by Crippen LogP contribution is 2.35. The Labute approximate surface area is 187 Å². The lowest BCUT2D eigenvalue weighted by molar-refractivity contribution is -0.137. The molecular formula is C22H22F4N6O. The van der Waals surface area contributed by atoms with Crippen molar-refractivity contribution in [3.63, 3.8) is 0 Å². The normalized spacial score (nSPS) is 17.8. The van der Waals surface area contributed by atoms with E-state index in [0.717, 1.165) is 19.2 Å². The molecule has 1 aromatic heterocycles. The van der Waals surface area contributed by atoms with E-state index in [4.69, 9.17) is 4.74 Å². The Kier molecular flexibility index (Phi) is 5.67. The topological polar surface area (TPSA) is 58.5 Å². The van der Waals surface area contributed by atoms with Crippen LogP contribution in [0.1, 0.15) is 5.56 Å². The molecule has 5 rings (SSSR count). The zero-order chi connectivity index (χ0) is 23.0. The number of ether oxygens (including phenoxy) is 1. The average Bonchev–Trinajstić information content (AvgIpc) is 3.21. The average molecular weight is 462 g/mol. The highest BCUT2D eigenvalue weighted by Gasteiger charge is 2.33. The molecule has 0 saturated carbocycles. The van der Waals surface area contributed by atoms with Crippen molar-refractivity contribution in [1.29, 1.82) is 0 Å². The first-order valence-electron chi connectivity index (χ1n) is 10.6. The second-order valence-corrected chi connectivity index (χ2v) is 8.10. The van der Waals surface area contributed by atoms with Gasteiger partial charge in [0.15, 0.2) is 0 Å². The molecule has 0 amide bonds. The predicted molar refractivity (Wildman–Crippen MR) is 114 cm³/mol. The lowest BCUT2D eigenvalue weighted by Crippen LogP contribution is -2.56. The van der Waals surface area contributed by atoms with Crippen molar-refractivity contribution in [1.82, 2.24) is 19.7 Å². The van der Waals surface area contributed by atoms with Crippen molar-refractivity contribution in [2.24, 2.45) is 0 Å². The van der Waals surface area contributed by atoms with E-state index in [1.54, 1.807) is 12.1 Å². The van der Waals surface area contributed by atoms with Crippen LogP contribution in [0.2, 0.25) is 0 Å². The fourth-order valence-corrected chi connectivity index (χ4v) is 4.00. The zero-order valence-electron chi connectivity index (χ0n) is 17.6. The van der Waals surface area contributed by atoms with Crippen LogP contribution in [0.4, 0.5) is 34.9 Å². The number of rotatable bonds is 5. The van der Waals surface area contributed by atoms with Crippen molar-refractivity contribution >= 4 is 17.3 Å². The van der Waals surface area contributed by atoms with Gasteiger partial charge in [-0.15, -0.1) is 5.10 Å². The molecule has 0 spiro atoms. The van der Waals surface area contributed by atoms with Gasteiger partial charge in [-0.2, -0.15) is 18.2 Å². The minimum absolute atomic E-state index is 0.110. The quantitative estimate of drug-likeness (QED) is 0.584. The van der Waals surface area contributed by atoms with Gasteiger partial charge in [0.1, 0.15) is 12.1 Å². The minimum Gasteiger partial charge on any atom is -0.378 e. The number of anilines is 3. The van der Waals surface area contributed by atoms with E-state index in [9.17, 15) is 17.6 Å². The van der Waals surface area contributed by atoms with Crippen LogP contribution in [0.15, 0.2) is 48.8 Å². The second kappa shape index (κ2) is 8.64. The SMILES string of the molecule is Fc1cccc(-n2cnc(Nc3cc(N4CCN(C5COC5)CC4)cc(C(F)(F)F)c3)n2)c1. The minimum atomic E-state index is -4.49. The molecule has 0 aliphatic carbocycles. The highest BCUT2D eigenvalue weighted by atomic mass is 19.4. The summed E-state index contributed by atoms with van der Waals surface area (Å²) in [5, 5.41) is 7.07. The molecule has 2 saturated heterocycles. The summed E-state index contributed by atoms with van der Waals surface area (Å²) in [7, 11) is 0. The summed E-state index contributed by atoms with van der Waals surface area (Å²) in [6.45, 7) is 4.23.